The van der Waals surface area contributed by atoms with Crippen LogP contribution in [-0.4, -0.2) is 26.6 Å². The number of para-hydroxylation sites is 1. The van der Waals surface area contributed by atoms with E-state index in [4.69, 9.17) is 11.6 Å². The van der Waals surface area contributed by atoms with Gasteiger partial charge in [0, 0.05) is 23.3 Å². The molecule has 0 aliphatic heterocycles. The topological polar surface area (TPSA) is 93.1 Å². The van der Waals surface area contributed by atoms with Crippen LogP contribution in [0.1, 0.15) is 13.8 Å². The third-order valence-corrected chi connectivity index (χ3v) is 6.26. The number of rotatable bonds is 6. The van der Waals surface area contributed by atoms with Crippen molar-refractivity contribution in [1.82, 2.24) is 9.55 Å². The third-order valence-electron chi connectivity index (χ3n) is 4.95. The Bertz CT molecular complexity index is 1420. The number of carbonyl (C=O) groups excluding carboxylic acids is 2. The van der Waals surface area contributed by atoms with Crippen LogP contribution in [0, 0.1) is 0 Å². The van der Waals surface area contributed by atoms with Crippen LogP contribution in [0.15, 0.2) is 82.7 Å². The summed E-state index contributed by atoms with van der Waals surface area (Å²) in [6, 6.07) is 20.8. The Kier molecular flexibility index (Phi) is 7.00. The minimum Gasteiger partial charge on any atom is -0.326 e. The summed E-state index contributed by atoms with van der Waals surface area (Å²) in [5.74, 6) is -0.418. The maximum Gasteiger partial charge on any atom is 0.266 e. The fourth-order valence-electron chi connectivity index (χ4n) is 3.30. The second-order valence-electron chi connectivity index (χ2n) is 7.54. The summed E-state index contributed by atoms with van der Waals surface area (Å²) in [7, 11) is 0. The van der Waals surface area contributed by atoms with E-state index in [2.05, 4.69) is 15.6 Å². The van der Waals surface area contributed by atoms with Gasteiger partial charge >= 0.3 is 0 Å². The summed E-state index contributed by atoms with van der Waals surface area (Å²) >= 11 is 7.22. The summed E-state index contributed by atoms with van der Waals surface area (Å²) < 4.78 is 1.50. The van der Waals surface area contributed by atoms with Crippen molar-refractivity contribution in [2.75, 3.05) is 10.6 Å². The molecule has 0 saturated carbocycles. The maximum atomic E-state index is 13.3. The number of halogens is 1. The van der Waals surface area contributed by atoms with Gasteiger partial charge in [-0.05, 0) is 67.6 Å². The predicted molar refractivity (Wildman–Crippen MR) is 137 cm³/mol. The van der Waals surface area contributed by atoms with E-state index < -0.39 is 5.25 Å². The summed E-state index contributed by atoms with van der Waals surface area (Å²) in [6.45, 7) is 3.18. The summed E-state index contributed by atoms with van der Waals surface area (Å²) in [4.78, 5) is 42.1. The molecule has 4 rings (SSSR count). The molecule has 0 aliphatic carbocycles. The number of carbonyl (C=O) groups is 2. The molecule has 0 radical (unpaired) electrons. The zero-order valence-electron chi connectivity index (χ0n) is 18.4. The van der Waals surface area contributed by atoms with Crippen LogP contribution in [0.4, 0.5) is 11.4 Å². The van der Waals surface area contributed by atoms with Gasteiger partial charge in [0.2, 0.25) is 11.8 Å². The van der Waals surface area contributed by atoms with Gasteiger partial charge in [0.15, 0.2) is 5.16 Å². The number of fused-ring (bicyclic) bond motifs is 1. The summed E-state index contributed by atoms with van der Waals surface area (Å²) in [6.07, 6.45) is 0. The van der Waals surface area contributed by atoms with E-state index >= 15 is 0 Å². The van der Waals surface area contributed by atoms with E-state index in [1.165, 1.54) is 23.3 Å². The normalized spacial score (nSPS) is 11.7. The standard InChI is InChI=1S/C25H21ClN4O3S/c1-15(23(32)28-19-11-9-18(10-12-19)27-16(2)31)34-25-29-22-6-4-3-5-21(22)24(33)30(25)20-13-7-17(26)8-14-20/h3-15H,1-2H3,(H,27,31)(H,28,32)/t15-/m1/s1. The van der Waals surface area contributed by atoms with Gasteiger partial charge in [-0.2, -0.15) is 0 Å². The summed E-state index contributed by atoms with van der Waals surface area (Å²) in [5.41, 5.74) is 2.17. The molecule has 2 amide bonds. The van der Waals surface area contributed by atoms with Gasteiger partial charge in [0.05, 0.1) is 21.8 Å². The van der Waals surface area contributed by atoms with Crippen LogP contribution in [-0.2, 0) is 9.59 Å². The molecule has 1 heterocycles. The first-order valence-corrected chi connectivity index (χ1v) is 11.7. The maximum absolute atomic E-state index is 13.3. The third kappa shape index (κ3) is 5.30. The molecule has 0 aliphatic rings. The van der Waals surface area contributed by atoms with Crippen molar-refractivity contribution in [1.29, 1.82) is 0 Å². The molecule has 9 heteroatoms. The monoisotopic (exact) mass is 492 g/mol. The van der Waals surface area contributed by atoms with Gasteiger partial charge in [0.25, 0.3) is 5.56 Å². The molecular formula is C25H21ClN4O3S. The number of amides is 2. The van der Waals surface area contributed by atoms with E-state index in [0.717, 1.165) is 0 Å². The van der Waals surface area contributed by atoms with Crippen molar-refractivity contribution >= 4 is 57.5 Å². The van der Waals surface area contributed by atoms with Crippen molar-refractivity contribution in [2.45, 2.75) is 24.3 Å². The molecule has 1 atom stereocenters. The van der Waals surface area contributed by atoms with Crippen molar-refractivity contribution in [2.24, 2.45) is 0 Å². The molecule has 172 valence electrons. The molecule has 4 aromatic rings. The average Bonchev–Trinajstić information content (AvgIpc) is 2.81. The van der Waals surface area contributed by atoms with Gasteiger partial charge in [0.1, 0.15) is 0 Å². The highest BCUT2D eigenvalue weighted by Gasteiger charge is 2.20. The van der Waals surface area contributed by atoms with E-state index in [1.807, 2.05) is 6.07 Å². The molecule has 3 aromatic carbocycles. The minimum absolute atomic E-state index is 0.170. The van der Waals surface area contributed by atoms with Crippen molar-refractivity contribution in [3.8, 4) is 5.69 Å². The van der Waals surface area contributed by atoms with Gasteiger partial charge in [-0.3, -0.25) is 19.0 Å². The Balaban J connectivity index is 1.62. The van der Waals surface area contributed by atoms with E-state index in [-0.39, 0.29) is 17.4 Å². The number of nitrogens with one attached hydrogen (secondary N) is 2. The number of hydrogen-bond acceptors (Lipinski definition) is 5. The number of aromatic nitrogens is 2. The number of nitrogens with zero attached hydrogens (tertiary/aromatic N) is 2. The minimum atomic E-state index is -0.554. The Hall–Kier alpha value is -3.62. The predicted octanol–water partition coefficient (Wildman–Crippen LogP) is 5.12. The fraction of sp³-hybridized carbons (Fsp3) is 0.120. The van der Waals surface area contributed by atoms with Crippen molar-refractivity contribution < 1.29 is 9.59 Å². The largest absolute Gasteiger partial charge is 0.326 e. The molecule has 0 saturated heterocycles. The Morgan fingerprint density at radius 1 is 0.941 bits per heavy atom. The zero-order valence-corrected chi connectivity index (χ0v) is 20.0. The summed E-state index contributed by atoms with van der Waals surface area (Å²) in [5, 5.41) is 6.42. The van der Waals surface area contributed by atoms with Crippen LogP contribution < -0.4 is 16.2 Å². The lowest BCUT2D eigenvalue weighted by Gasteiger charge is -2.16. The second-order valence-corrected chi connectivity index (χ2v) is 9.28. The Labute approximate surface area is 205 Å². The molecule has 0 spiro atoms. The van der Waals surface area contributed by atoms with Crippen LogP contribution in [0.25, 0.3) is 16.6 Å². The number of hydrogen-bond donors (Lipinski definition) is 2. The fourth-order valence-corrected chi connectivity index (χ4v) is 4.36. The van der Waals surface area contributed by atoms with Gasteiger partial charge in [-0.1, -0.05) is 35.5 Å². The lowest BCUT2D eigenvalue weighted by atomic mass is 10.2. The highest BCUT2D eigenvalue weighted by Crippen LogP contribution is 2.26. The van der Waals surface area contributed by atoms with Crippen LogP contribution in [0.5, 0.6) is 0 Å². The zero-order chi connectivity index (χ0) is 24.2. The number of anilines is 2. The second kappa shape index (κ2) is 10.1. The van der Waals surface area contributed by atoms with Gasteiger partial charge < -0.3 is 10.6 Å². The molecule has 0 fully saturated rings. The average molecular weight is 493 g/mol. The number of thioether (sulfide) groups is 1. The lowest BCUT2D eigenvalue weighted by molar-refractivity contribution is -0.115. The first kappa shape index (κ1) is 23.5. The molecule has 0 bridgehead atoms. The van der Waals surface area contributed by atoms with Crippen LogP contribution in [0.2, 0.25) is 5.02 Å². The Morgan fingerprint density at radius 2 is 1.56 bits per heavy atom. The van der Waals surface area contributed by atoms with E-state index in [9.17, 15) is 14.4 Å². The van der Waals surface area contributed by atoms with E-state index in [0.29, 0.717) is 38.1 Å². The SMILES string of the molecule is CC(=O)Nc1ccc(NC(=O)[C@@H](C)Sc2nc3ccccc3c(=O)n2-c2ccc(Cl)cc2)cc1. The molecule has 7 nitrogen and oxygen atoms in total. The molecule has 0 unspecified atom stereocenters. The Morgan fingerprint density at radius 3 is 2.21 bits per heavy atom. The molecule has 2 N–H and O–H groups in total. The highest BCUT2D eigenvalue weighted by atomic mass is 35.5. The van der Waals surface area contributed by atoms with Crippen LogP contribution in [0.3, 0.4) is 0 Å². The first-order chi connectivity index (χ1) is 16.3. The van der Waals surface area contributed by atoms with Gasteiger partial charge in [-0.15, -0.1) is 0 Å². The lowest BCUT2D eigenvalue weighted by Crippen LogP contribution is -2.26. The molecular weight excluding hydrogens is 472 g/mol. The number of benzene rings is 3. The van der Waals surface area contributed by atoms with Crippen LogP contribution >= 0.6 is 23.4 Å². The molecule has 1 aromatic heterocycles. The van der Waals surface area contributed by atoms with Crippen molar-refractivity contribution in [3.05, 3.63) is 88.2 Å². The van der Waals surface area contributed by atoms with E-state index in [1.54, 1.807) is 73.7 Å². The highest BCUT2D eigenvalue weighted by molar-refractivity contribution is 8.00. The first-order valence-electron chi connectivity index (χ1n) is 10.4. The van der Waals surface area contributed by atoms with Gasteiger partial charge in [-0.25, -0.2) is 4.98 Å². The smallest absolute Gasteiger partial charge is 0.266 e. The van der Waals surface area contributed by atoms with Crippen molar-refractivity contribution in [3.63, 3.8) is 0 Å². The quantitative estimate of drug-likeness (QED) is 0.288. The molecule has 34 heavy (non-hydrogen) atoms.